The Hall–Kier alpha value is -0.930. The van der Waals surface area contributed by atoms with E-state index < -0.39 is 6.04 Å². The first-order valence-electron chi connectivity index (χ1n) is 6.21. The number of fused-ring (bicyclic) bond motifs is 2. The topological polar surface area (TPSA) is 60.2 Å². The minimum atomic E-state index is -0.522. The van der Waals surface area contributed by atoms with Crippen molar-refractivity contribution in [3.63, 3.8) is 0 Å². The van der Waals surface area contributed by atoms with Crippen LogP contribution in [0.5, 0.6) is 0 Å². The highest BCUT2D eigenvalue weighted by Crippen LogP contribution is 2.43. The molecule has 4 heteroatoms. The van der Waals surface area contributed by atoms with Gasteiger partial charge in [0.1, 0.15) is 5.78 Å². The predicted octanol–water partition coefficient (Wildman–Crippen LogP) is 2.29. The second-order valence-corrected chi connectivity index (χ2v) is 5.39. The van der Waals surface area contributed by atoms with Crippen molar-refractivity contribution in [2.75, 3.05) is 0 Å². The first kappa shape index (κ1) is 11.6. The number of hydrogen-bond donors (Lipinski definition) is 0. The van der Waals surface area contributed by atoms with Crippen LogP contribution in [-0.4, -0.2) is 16.7 Å². The normalized spacial score (nSPS) is 43.9. The molecule has 2 aliphatic carbocycles. The van der Waals surface area contributed by atoms with E-state index in [2.05, 4.69) is 0 Å². The number of nitrogens with zero attached hydrogens (tertiary/aromatic N) is 1. The molecule has 0 aromatic rings. The van der Waals surface area contributed by atoms with E-state index in [9.17, 15) is 14.9 Å². The zero-order valence-corrected chi connectivity index (χ0v) is 9.89. The molecule has 2 fully saturated rings. The zero-order valence-electron chi connectivity index (χ0n) is 9.89. The molecule has 2 aliphatic rings. The van der Waals surface area contributed by atoms with Crippen LogP contribution in [0.4, 0.5) is 0 Å². The largest absolute Gasteiger partial charge is 0.299 e. The molecule has 4 unspecified atom stereocenters. The lowest BCUT2D eigenvalue weighted by Crippen LogP contribution is -2.50. The van der Waals surface area contributed by atoms with Crippen molar-refractivity contribution >= 4 is 5.78 Å². The van der Waals surface area contributed by atoms with Crippen LogP contribution in [0.1, 0.15) is 39.5 Å². The van der Waals surface area contributed by atoms with Crippen LogP contribution in [0.2, 0.25) is 0 Å². The van der Waals surface area contributed by atoms with Crippen LogP contribution < -0.4 is 0 Å². The van der Waals surface area contributed by atoms with E-state index >= 15 is 0 Å². The lowest BCUT2D eigenvalue weighted by atomic mass is 9.65. The first-order chi connectivity index (χ1) is 7.54. The minimum absolute atomic E-state index is 0.0564. The van der Waals surface area contributed by atoms with E-state index in [1.54, 1.807) is 0 Å². The van der Waals surface area contributed by atoms with E-state index in [1.165, 1.54) is 0 Å². The van der Waals surface area contributed by atoms with E-state index in [-0.39, 0.29) is 28.6 Å². The third kappa shape index (κ3) is 1.64. The summed E-state index contributed by atoms with van der Waals surface area (Å²) in [4.78, 5) is 23.2. The highest BCUT2D eigenvalue weighted by atomic mass is 16.6. The number of ketones is 1. The Balaban J connectivity index is 2.33. The van der Waals surface area contributed by atoms with Gasteiger partial charge in [-0.1, -0.05) is 26.7 Å². The molecule has 2 saturated carbocycles. The fourth-order valence-corrected chi connectivity index (χ4v) is 3.67. The van der Waals surface area contributed by atoms with E-state index in [0.717, 1.165) is 25.7 Å². The summed E-state index contributed by atoms with van der Waals surface area (Å²) in [5.74, 6) is 0.00694. The second-order valence-electron chi connectivity index (χ2n) is 5.39. The first-order valence-corrected chi connectivity index (χ1v) is 6.21. The van der Waals surface area contributed by atoms with Crippen LogP contribution in [0, 0.1) is 33.8 Å². The van der Waals surface area contributed by atoms with Crippen molar-refractivity contribution < 1.29 is 9.72 Å². The molecule has 16 heavy (non-hydrogen) atoms. The minimum Gasteiger partial charge on any atom is -0.299 e. The Bertz CT molecular complexity index is 293. The average molecular weight is 225 g/mol. The van der Waals surface area contributed by atoms with Gasteiger partial charge in [0.25, 0.3) is 0 Å². The van der Waals surface area contributed by atoms with E-state index in [4.69, 9.17) is 0 Å². The Morgan fingerprint density at radius 3 is 1.94 bits per heavy atom. The Kier molecular flexibility index (Phi) is 3.00. The lowest BCUT2D eigenvalue weighted by molar-refractivity contribution is -0.545. The fraction of sp³-hybridized carbons (Fsp3) is 0.917. The summed E-state index contributed by atoms with van der Waals surface area (Å²) in [5.41, 5.74) is 0. The molecule has 0 aliphatic heterocycles. The monoisotopic (exact) mass is 225 g/mol. The molecule has 0 N–H and O–H groups in total. The van der Waals surface area contributed by atoms with Crippen LogP contribution in [-0.2, 0) is 4.79 Å². The van der Waals surface area contributed by atoms with Gasteiger partial charge in [0.05, 0.1) is 0 Å². The number of nitro groups is 1. The van der Waals surface area contributed by atoms with Crippen LogP contribution in [0.15, 0.2) is 0 Å². The standard InChI is InChI=1S/C12H19NO3/c1-7-9-5-3-4-6-10(12(9)14)8(2)11(7)13(15)16/h7-11H,3-6H2,1-2H3. The zero-order chi connectivity index (χ0) is 11.9. The Labute approximate surface area is 95.6 Å². The molecule has 0 radical (unpaired) electrons. The van der Waals surface area contributed by atoms with Crippen LogP contribution in [0.25, 0.3) is 0 Å². The molecule has 90 valence electrons. The Morgan fingerprint density at radius 2 is 1.56 bits per heavy atom. The third-order valence-electron chi connectivity index (χ3n) is 4.60. The van der Waals surface area contributed by atoms with Crippen molar-refractivity contribution in [3.05, 3.63) is 10.1 Å². The number of Topliss-reactive ketones (excluding diaryl/α,β-unsaturated/α-hetero) is 1. The molecule has 0 aromatic heterocycles. The molecular weight excluding hydrogens is 206 g/mol. The van der Waals surface area contributed by atoms with Crippen molar-refractivity contribution in [1.82, 2.24) is 0 Å². The fourth-order valence-electron chi connectivity index (χ4n) is 3.67. The van der Waals surface area contributed by atoms with Gasteiger partial charge in [-0.05, 0) is 12.8 Å². The summed E-state index contributed by atoms with van der Waals surface area (Å²) in [6.07, 6.45) is 3.81. The molecule has 0 amide bonds. The van der Waals surface area contributed by atoms with Crippen molar-refractivity contribution in [1.29, 1.82) is 0 Å². The van der Waals surface area contributed by atoms with Crippen LogP contribution in [0.3, 0.4) is 0 Å². The maximum absolute atomic E-state index is 12.2. The molecule has 2 bridgehead atoms. The quantitative estimate of drug-likeness (QED) is 0.508. The van der Waals surface area contributed by atoms with E-state index in [0.29, 0.717) is 5.78 Å². The lowest BCUT2D eigenvalue weighted by Gasteiger charge is -2.37. The molecule has 4 atom stereocenters. The number of carbonyl (C=O) groups is 1. The molecule has 4 nitrogen and oxygen atoms in total. The molecule has 0 aromatic carbocycles. The van der Waals surface area contributed by atoms with Crippen molar-refractivity contribution in [2.45, 2.75) is 45.6 Å². The molecule has 0 heterocycles. The molecule has 0 spiro atoms. The molecule has 0 saturated heterocycles. The Morgan fingerprint density at radius 1 is 1.12 bits per heavy atom. The smallest absolute Gasteiger partial charge is 0.219 e. The van der Waals surface area contributed by atoms with Gasteiger partial charge in [-0.25, -0.2) is 0 Å². The number of carbonyl (C=O) groups excluding carboxylic acids is 1. The summed E-state index contributed by atoms with van der Waals surface area (Å²) in [6, 6.07) is -0.522. The number of hydrogen-bond acceptors (Lipinski definition) is 3. The van der Waals surface area contributed by atoms with Gasteiger partial charge in [-0.3, -0.25) is 14.9 Å². The third-order valence-corrected chi connectivity index (χ3v) is 4.60. The second kappa shape index (κ2) is 4.15. The van der Waals surface area contributed by atoms with Crippen molar-refractivity contribution in [2.24, 2.45) is 23.7 Å². The molecule has 2 rings (SSSR count). The maximum atomic E-state index is 12.2. The van der Waals surface area contributed by atoms with Gasteiger partial charge in [0.15, 0.2) is 0 Å². The highest BCUT2D eigenvalue weighted by Gasteiger charge is 2.52. The molecular formula is C12H19NO3. The maximum Gasteiger partial charge on any atom is 0.219 e. The predicted molar refractivity (Wildman–Crippen MR) is 59.6 cm³/mol. The summed E-state index contributed by atoms with van der Waals surface area (Å²) in [6.45, 7) is 3.77. The summed E-state index contributed by atoms with van der Waals surface area (Å²) < 4.78 is 0. The highest BCUT2D eigenvalue weighted by molar-refractivity contribution is 5.85. The van der Waals surface area contributed by atoms with E-state index in [1.807, 2.05) is 13.8 Å². The summed E-state index contributed by atoms with van der Waals surface area (Å²) in [7, 11) is 0. The van der Waals surface area contributed by atoms with Gasteiger partial charge in [-0.15, -0.1) is 0 Å². The summed E-state index contributed by atoms with van der Waals surface area (Å²) >= 11 is 0. The van der Waals surface area contributed by atoms with Gasteiger partial charge in [0, 0.05) is 28.6 Å². The SMILES string of the molecule is CC1C2CCCCC(C2=O)C(C)C1[N+](=O)[O-]. The van der Waals surface area contributed by atoms with Gasteiger partial charge in [-0.2, -0.15) is 0 Å². The summed E-state index contributed by atoms with van der Waals surface area (Å²) in [5, 5.41) is 11.1. The number of rotatable bonds is 1. The van der Waals surface area contributed by atoms with Crippen molar-refractivity contribution in [3.8, 4) is 0 Å². The van der Waals surface area contributed by atoms with Gasteiger partial charge in [0.2, 0.25) is 6.04 Å². The van der Waals surface area contributed by atoms with Crippen LogP contribution >= 0.6 is 0 Å². The van der Waals surface area contributed by atoms with Gasteiger partial charge < -0.3 is 0 Å². The van der Waals surface area contributed by atoms with Gasteiger partial charge >= 0.3 is 0 Å². The average Bonchev–Trinajstić information content (AvgIpc) is 2.34.